The molecular formula is C34H24O. The molecule has 0 aliphatic carbocycles. The van der Waals surface area contributed by atoms with Crippen molar-refractivity contribution in [3.8, 4) is 0 Å². The van der Waals surface area contributed by atoms with Crippen LogP contribution in [0.1, 0.15) is 49.7 Å². The Morgan fingerprint density at radius 3 is 1.54 bits per heavy atom. The highest BCUT2D eigenvalue weighted by molar-refractivity contribution is 6.07. The summed E-state index contributed by atoms with van der Waals surface area (Å²) in [6.07, 6.45) is -1.30. The van der Waals surface area contributed by atoms with Gasteiger partial charge in [0, 0.05) is 10.8 Å². The summed E-state index contributed by atoms with van der Waals surface area (Å²) in [5.74, 6) is 0. The Morgan fingerprint density at radius 1 is 0.429 bits per heavy atom. The van der Waals surface area contributed by atoms with E-state index in [1.807, 2.05) is 0 Å². The summed E-state index contributed by atoms with van der Waals surface area (Å²) in [6.45, 7) is 0. The predicted molar refractivity (Wildman–Crippen MR) is 147 cm³/mol. The molecule has 0 saturated carbocycles. The number of benzene rings is 6. The molecule has 0 N–H and O–H groups in total. The van der Waals surface area contributed by atoms with E-state index < -0.39 is 134 Å². The average Bonchev–Trinajstić information content (AvgIpc) is 3.57. The maximum Gasteiger partial charge on any atom is 0.135 e. The molecule has 1 heteroatoms. The van der Waals surface area contributed by atoms with Gasteiger partial charge < -0.3 is 4.42 Å². The fourth-order valence-electron chi connectivity index (χ4n) is 4.28. The Kier molecular flexibility index (Phi) is 1.95. The van der Waals surface area contributed by atoms with Crippen molar-refractivity contribution in [1.82, 2.24) is 0 Å². The van der Waals surface area contributed by atoms with Gasteiger partial charge in [0.1, 0.15) is 11.2 Å². The summed E-state index contributed by atoms with van der Waals surface area (Å²) in [4.78, 5) is 0. The van der Waals surface area contributed by atoms with Crippen LogP contribution in [0.15, 0.2) is 125 Å². The highest BCUT2D eigenvalue weighted by atomic mass is 16.3. The predicted octanol–water partition coefficient (Wildman–Crippen LogP) is 9.07. The smallest absolute Gasteiger partial charge is 0.135 e. The third kappa shape index (κ3) is 3.40. The molecule has 0 fully saturated rings. The number of rotatable bonds is 4. The van der Waals surface area contributed by atoms with Gasteiger partial charge in [0.15, 0.2) is 0 Å². The van der Waals surface area contributed by atoms with Crippen LogP contribution in [-0.2, 0) is 12.8 Å². The first kappa shape index (κ1) is 8.39. The first-order valence-electron chi connectivity index (χ1n) is 20.6. The average molecular weight is 469 g/mol. The van der Waals surface area contributed by atoms with Gasteiger partial charge in [-0.2, -0.15) is 0 Å². The standard InChI is InChI=1S/C34H24O/c1-2-10-23(11-3-1)20-30-25-12-4-6-14-27(25)31(28-15-7-5-13-26(28)30)21-24-18-19-34-32(22-24)29-16-8-9-17-33(29)35-34/h1-19,22H,20-21H2/i1D,2D,3D,4D,5D,6D,7D,8D,9D,10D,11D,12D,13D,14D,15D,16D,17D,18D,19D,22D. The molecule has 0 spiro atoms. The molecule has 0 bridgehead atoms. The molecule has 0 unspecified atom stereocenters. The Labute approximate surface area is 232 Å². The zero-order valence-electron chi connectivity index (χ0n) is 37.8. The van der Waals surface area contributed by atoms with Gasteiger partial charge in [0.2, 0.25) is 0 Å². The molecule has 0 amide bonds. The van der Waals surface area contributed by atoms with Crippen molar-refractivity contribution in [1.29, 1.82) is 0 Å². The quantitative estimate of drug-likeness (QED) is 0.235. The van der Waals surface area contributed by atoms with Gasteiger partial charge in [0.25, 0.3) is 0 Å². The molecule has 1 aromatic heterocycles. The largest absolute Gasteiger partial charge is 0.456 e. The van der Waals surface area contributed by atoms with E-state index in [0.29, 0.717) is 0 Å². The molecule has 0 atom stereocenters. The second-order valence-electron chi connectivity index (χ2n) is 7.78. The van der Waals surface area contributed by atoms with Crippen LogP contribution in [0.4, 0.5) is 0 Å². The highest BCUT2D eigenvalue weighted by Crippen LogP contribution is 2.36. The molecule has 166 valence electrons. The lowest BCUT2D eigenvalue weighted by Gasteiger charge is -2.17. The maximum atomic E-state index is 9.26. The van der Waals surface area contributed by atoms with Gasteiger partial charge in [-0.25, -0.2) is 0 Å². The molecule has 7 rings (SSSR count). The number of furan rings is 1. The Morgan fingerprint density at radius 2 is 0.914 bits per heavy atom. The molecule has 0 aliphatic rings. The molecule has 0 aliphatic heterocycles. The Hall–Kier alpha value is -4.36. The summed E-state index contributed by atoms with van der Waals surface area (Å²) < 4.78 is 178. The van der Waals surface area contributed by atoms with Gasteiger partial charge in [-0.3, -0.25) is 0 Å². The van der Waals surface area contributed by atoms with Crippen LogP contribution in [0, 0.1) is 0 Å². The van der Waals surface area contributed by atoms with Crippen molar-refractivity contribution >= 4 is 43.5 Å². The lowest BCUT2D eigenvalue weighted by molar-refractivity contribution is 0.669. The molecule has 6 aromatic carbocycles. The van der Waals surface area contributed by atoms with Crippen molar-refractivity contribution in [2.24, 2.45) is 0 Å². The summed E-state index contributed by atoms with van der Waals surface area (Å²) in [6, 6.07) is -13.3. The van der Waals surface area contributed by atoms with E-state index >= 15 is 0 Å². The fourth-order valence-corrected chi connectivity index (χ4v) is 4.28. The minimum Gasteiger partial charge on any atom is -0.456 e. The minimum absolute atomic E-state index is 0.197. The Balaban J connectivity index is 1.70. The zero-order valence-corrected chi connectivity index (χ0v) is 17.8. The van der Waals surface area contributed by atoms with Crippen molar-refractivity contribution in [3.05, 3.63) is 143 Å². The summed E-state index contributed by atoms with van der Waals surface area (Å²) in [5, 5.41) is -1.72. The highest BCUT2D eigenvalue weighted by Gasteiger charge is 2.15. The second kappa shape index (κ2) is 8.14. The van der Waals surface area contributed by atoms with Crippen LogP contribution < -0.4 is 0 Å². The SMILES string of the molecule is [2H]c1c([2H])c([2H])c(Cc2c3c([2H])c([2H])c([2H])c([2H])c3c(Cc3c([2H])c([2H])c4oc5c([2H])c([2H])c([2H])c([2H])c5c4c3[2H])c3c([2H])c([2H])c([2H])c([2H])c23)c([2H])c1[2H]. The van der Waals surface area contributed by atoms with Gasteiger partial charge in [-0.15, -0.1) is 0 Å². The summed E-state index contributed by atoms with van der Waals surface area (Å²) in [5.41, 5.74) is -1.76. The number of hydrogen-bond donors (Lipinski definition) is 0. The van der Waals surface area contributed by atoms with E-state index in [0.717, 1.165) is 0 Å². The lowest BCUT2D eigenvalue weighted by atomic mass is 9.86. The van der Waals surface area contributed by atoms with E-state index in [1.165, 1.54) is 0 Å². The minimum atomic E-state index is -0.752. The Bertz CT molecular complexity index is 2820. The molecular weight excluding hydrogens is 424 g/mol. The van der Waals surface area contributed by atoms with E-state index in [9.17, 15) is 1.37 Å². The fraction of sp³-hybridized carbons (Fsp3) is 0.0588. The zero-order chi connectivity index (χ0) is 40.6. The van der Waals surface area contributed by atoms with E-state index in [-0.39, 0.29) is 65.7 Å². The normalized spacial score (nSPS) is 19.7. The third-order valence-corrected chi connectivity index (χ3v) is 5.78. The summed E-state index contributed by atoms with van der Waals surface area (Å²) in [7, 11) is 0. The molecule has 1 heterocycles. The molecule has 7 aromatic rings. The molecule has 1 nitrogen and oxygen atoms in total. The number of fused-ring (bicyclic) bond motifs is 5. The van der Waals surface area contributed by atoms with Crippen LogP contribution in [-0.4, -0.2) is 0 Å². The second-order valence-corrected chi connectivity index (χ2v) is 7.78. The molecule has 35 heavy (non-hydrogen) atoms. The van der Waals surface area contributed by atoms with E-state index in [1.54, 1.807) is 0 Å². The molecule has 0 saturated heterocycles. The van der Waals surface area contributed by atoms with Gasteiger partial charge in [-0.1, -0.05) is 103 Å². The van der Waals surface area contributed by atoms with Crippen LogP contribution in [0.2, 0.25) is 0 Å². The van der Waals surface area contributed by atoms with E-state index in [4.69, 9.17) is 30.5 Å². The van der Waals surface area contributed by atoms with Crippen LogP contribution in [0.25, 0.3) is 43.5 Å². The first-order valence-corrected chi connectivity index (χ1v) is 10.6. The van der Waals surface area contributed by atoms with Gasteiger partial charge >= 0.3 is 0 Å². The first-order chi connectivity index (χ1) is 25.7. The van der Waals surface area contributed by atoms with Crippen LogP contribution in [0.3, 0.4) is 0 Å². The van der Waals surface area contributed by atoms with Crippen molar-refractivity contribution in [2.75, 3.05) is 0 Å². The molecule has 0 radical (unpaired) electrons. The lowest BCUT2D eigenvalue weighted by Crippen LogP contribution is -1.98. The number of para-hydroxylation sites is 1. The van der Waals surface area contributed by atoms with Crippen LogP contribution in [0.5, 0.6) is 0 Å². The van der Waals surface area contributed by atoms with Gasteiger partial charge in [-0.05, 0) is 74.8 Å². The number of hydrogen-bond acceptors (Lipinski definition) is 1. The van der Waals surface area contributed by atoms with Crippen molar-refractivity contribution < 1.29 is 31.8 Å². The van der Waals surface area contributed by atoms with Crippen LogP contribution >= 0.6 is 0 Å². The van der Waals surface area contributed by atoms with Gasteiger partial charge in [0.05, 0.1) is 27.4 Å². The topological polar surface area (TPSA) is 13.1 Å². The maximum absolute atomic E-state index is 9.26. The van der Waals surface area contributed by atoms with Crippen molar-refractivity contribution in [3.63, 3.8) is 0 Å². The van der Waals surface area contributed by atoms with Crippen molar-refractivity contribution in [2.45, 2.75) is 12.8 Å². The van der Waals surface area contributed by atoms with E-state index in [2.05, 4.69) is 0 Å². The monoisotopic (exact) mass is 468 g/mol. The third-order valence-electron chi connectivity index (χ3n) is 5.78. The summed E-state index contributed by atoms with van der Waals surface area (Å²) >= 11 is 0.